The molecular weight excluding hydrogens is 444 g/mol. The summed E-state index contributed by atoms with van der Waals surface area (Å²) in [5, 5.41) is 3.66. The zero-order valence-corrected chi connectivity index (χ0v) is 19.8. The maximum absolute atomic E-state index is 12.5. The van der Waals surface area contributed by atoms with Crippen molar-refractivity contribution in [2.75, 3.05) is 5.32 Å². The molecule has 0 saturated carbocycles. The summed E-state index contributed by atoms with van der Waals surface area (Å²) in [6.45, 7) is 8.73. The highest BCUT2D eigenvalue weighted by Gasteiger charge is 2.15. The van der Waals surface area contributed by atoms with Crippen LogP contribution in [0.4, 0.5) is 5.13 Å². The molecule has 0 aliphatic rings. The summed E-state index contributed by atoms with van der Waals surface area (Å²) in [6, 6.07) is 16.7. The fourth-order valence-corrected chi connectivity index (χ4v) is 4.29. The van der Waals surface area contributed by atoms with Crippen LogP contribution in [-0.4, -0.2) is 10.9 Å². The van der Waals surface area contributed by atoms with E-state index in [-0.39, 0.29) is 11.3 Å². The highest BCUT2D eigenvalue weighted by Crippen LogP contribution is 2.32. The molecule has 1 heterocycles. The van der Waals surface area contributed by atoms with Gasteiger partial charge in [-0.3, -0.25) is 4.79 Å². The molecule has 0 aliphatic heterocycles. The quantitative estimate of drug-likeness (QED) is 0.420. The third-order valence-electron chi connectivity index (χ3n) is 4.84. The Morgan fingerprint density at radius 3 is 2.31 bits per heavy atom. The highest BCUT2D eigenvalue weighted by atomic mass is 79.9. The summed E-state index contributed by atoms with van der Waals surface area (Å²) in [5.41, 5.74) is 4.65. The van der Waals surface area contributed by atoms with Crippen LogP contribution >= 0.6 is 27.3 Å². The summed E-state index contributed by atoms with van der Waals surface area (Å²) in [7, 11) is 0. The van der Waals surface area contributed by atoms with Crippen LogP contribution in [0.5, 0.6) is 0 Å². The first-order valence-electron chi connectivity index (χ1n) is 9.91. The molecule has 3 nitrogen and oxygen atoms in total. The van der Waals surface area contributed by atoms with E-state index in [9.17, 15) is 4.79 Å². The van der Waals surface area contributed by atoms with Crippen molar-refractivity contribution in [2.45, 2.75) is 52.4 Å². The smallest absolute Gasteiger partial charge is 0.226 e. The van der Waals surface area contributed by atoms with Gasteiger partial charge in [-0.05, 0) is 41.5 Å². The van der Waals surface area contributed by atoms with E-state index >= 15 is 0 Å². The van der Waals surface area contributed by atoms with E-state index in [1.165, 1.54) is 16.0 Å². The van der Waals surface area contributed by atoms with Crippen LogP contribution in [0.25, 0.3) is 11.3 Å². The molecule has 0 unspecified atom stereocenters. The molecule has 5 heteroatoms. The molecule has 1 amide bonds. The van der Waals surface area contributed by atoms with Gasteiger partial charge in [0.05, 0.1) is 5.69 Å². The number of hydrogen-bond donors (Lipinski definition) is 1. The Kier molecular flexibility index (Phi) is 6.91. The average molecular weight is 471 g/mol. The van der Waals surface area contributed by atoms with Crippen molar-refractivity contribution in [3.63, 3.8) is 0 Å². The number of aryl methyl sites for hydroxylation is 2. The Morgan fingerprint density at radius 2 is 1.72 bits per heavy atom. The number of halogens is 1. The number of rotatable bonds is 6. The second-order valence-electron chi connectivity index (χ2n) is 8.15. The van der Waals surface area contributed by atoms with Crippen LogP contribution in [0.1, 0.15) is 50.1 Å². The summed E-state index contributed by atoms with van der Waals surface area (Å²) >= 11 is 5.03. The van der Waals surface area contributed by atoms with Crippen molar-refractivity contribution in [1.29, 1.82) is 0 Å². The molecule has 0 radical (unpaired) electrons. The van der Waals surface area contributed by atoms with Gasteiger partial charge in [-0.25, -0.2) is 4.98 Å². The van der Waals surface area contributed by atoms with E-state index in [2.05, 4.69) is 78.2 Å². The molecule has 3 aromatic rings. The molecule has 0 atom stereocenters. The lowest BCUT2D eigenvalue weighted by Crippen LogP contribution is -2.13. The van der Waals surface area contributed by atoms with Crippen LogP contribution in [0.15, 0.2) is 53.0 Å². The third kappa shape index (κ3) is 5.77. The fraction of sp³-hybridized carbons (Fsp3) is 0.333. The Balaban J connectivity index is 1.63. The normalized spacial score (nSPS) is 11.5. The molecule has 0 spiro atoms. The first kappa shape index (κ1) is 21.7. The summed E-state index contributed by atoms with van der Waals surface area (Å²) in [4.78, 5) is 18.3. The van der Waals surface area contributed by atoms with E-state index in [0.29, 0.717) is 11.6 Å². The molecule has 3 rings (SSSR count). The van der Waals surface area contributed by atoms with Gasteiger partial charge >= 0.3 is 0 Å². The molecule has 0 aliphatic carbocycles. The monoisotopic (exact) mass is 470 g/mol. The number of aromatic nitrogens is 1. The van der Waals surface area contributed by atoms with Crippen molar-refractivity contribution in [2.24, 2.45) is 0 Å². The van der Waals surface area contributed by atoms with Gasteiger partial charge in [0.1, 0.15) is 0 Å². The summed E-state index contributed by atoms with van der Waals surface area (Å²) in [5.74, 6) is 0.00339. The highest BCUT2D eigenvalue weighted by molar-refractivity contribution is 9.10. The third-order valence-corrected chi connectivity index (χ3v) is 6.49. The Bertz CT molecular complexity index is 970. The van der Waals surface area contributed by atoms with Crippen molar-refractivity contribution in [3.8, 4) is 11.3 Å². The predicted molar refractivity (Wildman–Crippen MR) is 127 cm³/mol. The summed E-state index contributed by atoms with van der Waals surface area (Å²) in [6.07, 6.45) is 2.06. The summed E-state index contributed by atoms with van der Waals surface area (Å²) < 4.78 is 1.04. The number of carbonyl (C=O) groups excluding carboxylic acids is 1. The molecule has 1 aromatic heterocycles. The minimum Gasteiger partial charge on any atom is -0.302 e. The zero-order chi connectivity index (χ0) is 21.0. The molecule has 0 saturated heterocycles. The van der Waals surface area contributed by atoms with Gasteiger partial charge in [0.15, 0.2) is 5.13 Å². The maximum atomic E-state index is 12.5. The second-order valence-corrected chi connectivity index (χ2v) is 10.1. The fourth-order valence-electron chi connectivity index (χ4n) is 3.09. The number of amides is 1. The van der Waals surface area contributed by atoms with Gasteiger partial charge in [0.25, 0.3) is 0 Å². The Labute approximate surface area is 185 Å². The van der Waals surface area contributed by atoms with Crippen LogP contribution < -0.4 is 5.32 Å². The van der Waals surface area contributed by atoms with Crippen LogP contribution in [-0.2, 0) is 23.1 Å². The Morgan fingerprint density at radius 1 is 1.07 bits per heavy atom. The van der Waals surface area contributed by atoms with E-state index in [1.54, 1.807) is 11.3 Å². The molecule has 1 N–H and O–H groups in total. The molecule has 0 fully saturated rings. The van der Waals surface area contributed by atoms with Gasteiger partial charge in [-0.2, -0.15) is 0 Å². The first-order chi connectivity index (χ1) is 13.8. The minimum atomic E-state index is 0.00339. The second kappa shape index (κ2) is 9.23. The lowest BCUT2D eigenvalue weighted by atomic mass is 9.86. The van der Waals surface area contributed by atoms with Gasteiger partial charge in [0.2, 0.25) is 5.91 Å². The lowest BCUT2D eigenvalue weighted by Gasteiger charge is -2.19. The van der Waals surface area contributed by atoms with E-state index in [0.717, 1.165) is 28.6 Å². The number of benzene rings is 2. The van der Waals surface area contributed by atoms with E-state index in [4.69, 9.17) is 0 Å². The maximum Gasteiger partial charge on any atom is 0.226 e. The Hall–Kier alpha value is -1.98. The predicted octanol–water partition coefficient (Wildman–Crippen LogP) is 7.00. The van der Waals surface area contributed by atoms with Crippen molar-refractivity contribution in [3.05, 3.63) is 69.0 Å². The van der Waals surface area contributed by atoms with Crippen LogP contribution in [0.2, 0.25) is 0 Å². The number of hydrogen-bond acceptors (Lipinski definition) is 3. The van der Waals surface area contributed by atoms with Gasteiger partial charge < -0.3 is 5.32 Å². The van der Waals surface area contributed by atoms with Gasteiger partial charge in [0, 0.05) is 21.3 Å². The van der Waals surface area contributed by atoms with Gasteiger partial charge in [-0.15, -0.1) is 11.3 Å². The number of nitrogens with zero attached hydrogens (tertiary/aromatic N) is 1. The molecule has 29 heavy (non-hydrogen) atoms. The molecular formula is C24H27BrN2OS. The first-order valence-corrected chi connectivity index (χ1v) is 11.5. The number of anilines is 1. The number of nitrogens with one attached hydrogen (secondary N) is 1. The van der Waals surface area contributed by atoms with Crippen molar-refractivity contribution < 1.29 is 4.79 Å². The SMILES string of the molecule is CCc1sc(NC(=O)CCc2ccc(C(C)(C)C)cc2)nc1-c1ccc(Br)cc1. The molecule has 152 valence electrons. The largest absolute Gasteiger partial charge is 0.302 e. The van der Waals surface area contributed by atoms with Crippen LogP contribution in [0, 0.1) is 0 Å². The number of thiazole rings is 1. The topological polar surface area (TPSA) is 42.0 Å². The van der Waals surface area contributed by atoms with Crippen molar-refractivity contribution >= 4 is 38.3 Å². The van der Waals surface area contributed by atoms with Crippen molar-refractivity contribution in [1.82, 2.24) is 4.98 Å². The van der Waals surface area contributed by atoms with E-state index in [1.807, 2.05) is 24.3 Å². The minimum absolute atomic E-state index is 0.00339. The van der Waals surface area contributed by atoms with E-state index < -0.39 is 0 Å². The molecule has 0 bridgehead atoms. The molecule has 2 aromatic carbocycles. The zero-order valence-electron chi connectivity index (χ0n) is 17.4. The average Bonchev–Trinajstić information content (AvgIpc) is 3.09. The lowest BCUT2D eigenvalue weighted by molar-refractivity contribution is -0.116. The standard InChI is InChI=1S/C24H27BrN2OS/c1-5-20-22(17-9-13-19(25)14-10-17)27-23(29-20)26-21(28)15-8-16-6-11-18(12-7-16)24(2,3)4/h6-7,9-14H,5,8,15H2,1-4H3,(H,26,27,28). The number of carbonyl (C=O) groups is 1. The van der Waals surface area contributed by atoms with Gasteiger partial charge in [-0.1, -0.05) is 80.0 Å². The van der Waals surface area contributed by atoms with Crippen LogP contribution in [0.3, 0.4) is 0 Å².